The highest BCUT2D eigenvalue weighted by atomic mass is 35.5. The van der Waals surface area contributed by atoms with Crippen molar-refractivity contribution in [2.24, 2.45) is 0 Å². The van der Waals surface area contributed by atoms with Crippen molar-refractivity contribution in [1.82, 2.24) is 20.1 Å². The Morgan fingerprint density at radius 2 is 2.15 bits per heavy atom. The van der Waals surface area contributed by atoms with Crippen LogP contribution in [0.2, 0.25) is 5.02 Å². The molecule has 1 saturated heterocycles. The van der Waals surface area contributed by atoms with Gasteiger partial charge in [0.1, 0.15) is 5.69 Å². The molecule has 1 aromatic heterocycles. The molecule has 1 aromatic carbocycles. The zero-order valence-electron chi connectivity index (χ0n) is 15.2. The van der Waals surface area contributed by atoms with Crippen LogP contribution in [0.25, 0.3) is 10.9 Å². The van der Waals surface area contributed by atoms with E-state index in [-0.39, 0.29) is 17.9 Å². The largest absolute Gasteiger partial charge is 0.351 e. The Hall–Kier alpha value is -2.05. The summed E-state index contributed by atoms with van der Waals surface area (Å²) in [6, 6.07) is 7.77. The predicted molar refractivity (Wildman–Crippen MR) is 104 cm³/mol. The van der Waals surface area contributed by atoms with E-state index in [9.17, 15) is 9.59 Å². The van der Waals surface area contributed by atoms with Crippen molar-refractivity contribution in [2.75, 3.05) is 33.7 Å². The van der Waals surface area contributed by atoms with E-state index in [2.05, 4.69) is 15.2 Å². The summed E-state index contributed by atoms with van der Waals surface area (Å²) in [4.78, 5) is 31.6. The Morgan fingerprint density at radius 3 is 2.88 bits per heavy atom. The monoisotopic (exact) mass is 376 g/mol. The van der Waals surface area contributed by atoms with Gasteiger partial charge in [0.25, 0.3) is 5.91 Å². The number of nitrogens with one attached hydrogen (secondary N) is 2. The number of halogens is 1. The highest BCUT2D eigenvalue weighted by molar-refractivity contribution is 6.38. The minimum absolute atomic E-state index is 0.195. The minimum atomic E-state index is -0.213. The van der Waals surface area contributed by atoms with Crippen LogP contribution in [0.15, 0.2) is 24.3 Å². The predicted octanol–water partition coefficient (Wildman–Crippen LogP) is 2.49. The van der Waals surface area contributed by atoms with E-state index in [1.165, 1.54) is 0 Å². The summed E-state index contributed by atoms with van der Waals surface area (Å²) in [7, 11) is 4.00. The lowest BCUT2D eigenvalue weighted by atomic mass is 10.1. The lowest BCUT2D eigenvalue weighted by Gasteiger charge is -2.26. The number of carbonyl (C=O) groups is 2. The van der Waals surface area contributed by atoms with Gasteiger partial charge in [-0.3, -0.25) is 9.59 Å². The summed E-state index contributed by atoms with van der Waals surface area (Å²) in [5.41, 5.74) is 1.23. The molecule has 3 rings (SSSR count). The third-order valence-corrected chi connectivity index (χ3v) is 5.27. The molecular formula is C19H25ClN4O2. The molecule has 6 nitrogen and oxygen atoms in total. The van der Waals surface area contributed by atoms with E-state index in [0.29, 0.717) is 23.7 Å². The molecule has 140 valence electrons. The average molecular weight is 377 g/mol. The summed E-state index contributed by atoms with van der Waals surface area (Å²) >= 11 is 6.32. The second-order valence-electron chi connectivity index (χ2n) is 6.99. The van der Waals surface area contributed by atoms with Gasteiger partial charge < -0.3 is 20.1 Å². The number of aromatic nitrogens is 1. The van der Waals surface area contributed by atoms with Crippen LogP contribution in [0.3, 0.4) is 0 Å². The number of nitrogens with zero attached hydrogens (tertiary/aromatic N) is 2. The number of carbonyl (C=O) groups excluding carboxylic acids is 2. The maximum absolute atomic E-state index is 12.5. The van der Waals surface area contributed by atoms with Gasteiger partial charge in [-0.1, -0.05) is 29.8 Å². The lowest BCUT2D eigenvalue weighted by Crippen LogP contribution is -2.40. The first kappa shape index (κ1) is 18.7. The number of hydrogen-bond acceptors (Lipinski definition) is 3. The third-order valence-electron chi connectivity index (χ3n) is 4.87. The molecule has 7 heteroatoms. The fourth-order valence-electron chi connectivity index (χ4n) is 3.41. The van der Waals surface area contributed by atoms with E-state index in [0.717, 1.165) is 36.8 Å². The van der Waals surface area contributed by atoms with Crippen LogP contribution in [0.4, 0.5) is 0 Å². The number of likely N-dealkylation sites (tertiary alicyclic amines) is 1. The molecule has 1 atom stereocenters. The first-order valence-corrected chi connectivity index (χ1v) is 9.33. The standard InChI is InChI=1S/C19H25ClN4O2/c1-23(2)11-12-24-13(7-8-16(24)25)9-10-21-19(26)18-17(20)14-5-3-4-6-15(14)22-18/h3-6,13,22H,7-12H2,1-2H3,(H,21,26)/t13-/m0/s1. The zero-order chi connectivity index (χ0) is 18.7. The average Bonchev–Trinajstić information content (AvgIpc) is 3.14. The van der Waals surface area contributed by atoms with Crippen LogP contribution < -0.4 is 5.32 Å². The maximum Gasteiger partial charge on any atom is 0.269 e. The number of hydrogen-bond donors (Lipinski definition) is 2. The highest BCUT2D eigenvalue weighted by Gasteiger charge is 2.30. The van der Waals surface area contributed by atoms with Crippen LogP contribution in [0, 0.1) is 0 Å². The highest BCUT2D eigenvalue weighted by Crippen LogP contribution is 2.27. The summed E-state index contributed by atoms with van der Waals surface area (Å²) in [6.45, 7) is 2.10. The number of likely N-dealkylation sites (N-methyl/N-ethyl adjacent to an activating group) is 1. The van der Waals surface area contributed by atoms with Gasteiger partial charge in [0.2, 0.25) is 5.91 Å². The van der Waals surface area contributed by atoms with Crippen molar-refractivity contribution in [3.63, 3.8) is 0 Å². The molecule has 0 aliphatic carbocycles. The normalized spacial score (nSPS) is 17.5. The number of H-pyrrole nitrogens is 1. The van der Waals surface area contributed by atoms with Crippen LogP contribution in [0.1, 0.15) is 29.8 Å². The molecule has 2 heterocycles. The fraction of sp³-hybridized carbons (Fsp3) is 0.474. The van der Waals surface area contributed by atoms with Gasteiger partial charge in [0.15, 0.2) is 0 Å². The molecule has 2 amide bonds. The second-order valence-corrected chi connectivity index (χ2v) is 7.37. The Kier molecular flexibility index (Phi) is 5.84. The van der Waals surface area contributed by atoms with E-state index in [1.807, 2.05) is 43.3 Å². The lowest BCUT2D eigenvalue weighted by molar-refractivity contribution is -0.129. The Bertz CT molecular complexity index is 802. The molecule has 0 radical (unpaired) electrons. The molecule has 0 bridgehead atoms. The molecule has 0 saturated carbocycles. The molecule has 2 aromatic rings. The van der Waals surface area contributed by atoms with Gasteiger partial charge >= 0.3 is 0 Å². The summed E-state index contributed by atoms with van der Waals surface area (Å²) in [6.07, 6.45) is 2.21. The van der Waals surface area contributed by atoms with Crippen molar-refractivity contribution in [1.29, 1.82) is 0 Å². The molecule has 1 aliphatic heterocycles. The molecule has 0 unspecified atom stereocenters. The smallest absolute Gasteiger partial charge is 0.269 e. The van der Waals surface area contributed by atoms with Gasteiger partial charge in [-0.2, -0.15) is 0 Å². The van der Waals surface area contributed by atoms with Gasteiger partial charge in [0.05, 0.1) is 5.02 Å². The van der Waals surface area contributed by atoms with Gasteiger partial charge in [0, 0.05) is 43.0 Å². The second kappa shape index (κ2) is 8.10. The van der Waals surface area contributed by atoms with Crippen molar-refractivity contribution < 1.29 is 9.59 Å². The van der Waals surface area contributed by atoms with Crippen LogP contribution >= 0.6 is 11.6 Å². The number of fused-ring (bicyclic) bond motifs is 1. The van der Waals surface area contributed by atoms with E-state index in [4.69, 9.17) is 11.6 Å². The molecule has 1 fully saturated rings. The first-order valence-electron chi connectivity index (χ1n) is 8.96. The van der Waals surface area contributed by atoms with Crippen molar-refractivity contribution in [2.45, 2.75) is 25.3 Å². The van der Waals surface area contributed by atoms with E-state index < -0.39 is 0 Å². The fourth-order valence-corrected chi connectivity index (χ4v) is 3.71. The third kappa shape index (κ3) is 4.02. The first-order chi connectivity index (χ1) is 12.5. The number of benzene rings is 1. The summed E-state index contributed by atoms with van der Waals surface area (Å²) < 4.78 is 0. The Labute approximate surface area is 158 Å². The van der Waals surface area contributed by atoms with Crippen molar-refractivity contribution in [3.05, 3.63) is 35.0 Å². The van der Waals surface area contributed by atoms with Gasteiger partial charge in [-0.15, -0.1) is 0 Å². The maximum atomic E-state index is 12.5. The molecule has 1 aliphatic rings. The van der Waals surface area contributed by atoms with Crippen molar-refractivity contribution >= 4 is 34.3 Å². The number of aromatic amines is 1. The summed E-state index contributed by atoms with van der Waals surface area (Å²) in [5.74, 6) is -0.00259. The Balaban J connectivity index is 1.56. The van der Waals surface area contributed by atoms with Crippen LogP contribution in [0.5, 0.6) is 0 Å². The number of amides is 2. The van der Waals surface area contributed by atoms with Crippen molar-refractivity contribution in [3.8, 4) is 0 Å². The topological polar surface area (TPSA) is 68.4 Å². The SMILES string of the molecule is CN(C)CCN1C(=O)CC[C@H]1CCNC(=O)c1[nH]c2ccccc2c1Cl. The number of para-hydroxylation sites is 1. The molecule has 0 spiro atoms. The minimum Gasteiger partial charge on any atom is -0.351 e. The molecule has 2 N–H and O–H groups in total. The van der Waals surface area contributed by atoms with Crippen LogP contribution in [-0.2, 0) is 4.79 Å². The van der Waals surface area contributed by atoms with Gasteiger partial charge in [-0.05, 0) is 33.0 Å². The van der Waals surface area contributed by atoms with Gasteiger partial charge in [-0.25, -0.2) is 0 Å². The van der Waals surface area contributed by atoms with Crippen LogP contribution in [-0.4, -0.2) is 66.4 Å². The molecular weight excluding hydrogens is 352 g/mol. The Morgan fingerprint density at radius 1 is 1.38 bits per heavy atom. The van der Waals surface area contributed by atoms with E-state index >= 15 is 0 Å². The zero-order valence-corrected chi connectivity index (χ0v) is 16.0. The van der Waals surface area contributed by atoms with E-state index in [1.54, 1.807) is 0 Å². The quantitative estimate of drug-likeness (QED) is 0.780. The molecule has 26 heavy (non-hydrogen) atoms. The number of rotatable bonds is 7. The summed E-state index contributed by atoms with van der Waals surface area (Å²) in [5, 5.41) is 4.21.